The molecule has 0 saturated carbocycles. The molecular weight excluding hydrogens is 1030 g/mol. The quantitative estimate of drug-likeness (QED) is 0.146. The minimum Gasteiger partial charge on any atom is -0.456 e. The van der Waals surface area contributed by atoms with Crippen molar-refractivity contribution in [2.75, 3.05) is 112 Å². The molecule has 424 valence electrons. The van der Waals surface area contributed by atoms with Crippen molar-refractivity contribution in [3.8, 4) is 0 Å². The molecule has 8 heterocycles. The number of anilines is 4. The molecule has 4 amide bonds. The number of furan rings is 2. The van der Waals surface area contributed by atoms with Gasteiger partial charge in [-0.2, -0.15) is 26.3 Å². The predicted molar refractivity (Wildman–Crippen MR) is 279 cm³/mol. The summed E-state index contributed by atoms with van der Waals surface area (Å²) in [6.07, 6.45) is -0.510. The second-order valence-corrected chi connectivity index (χ2v) is 21.9. The summed E-state index contributed by atoms with van der Waals surface area (Å²) in [6, 6.07) is 13.4. The molecule has 6 aliphatic rings. The molecule has 0 bridgehead atoms. The highest BCUT2D eigenvalue weighted by Crippen LogP contribution is 2.43. The number of alkyl halides is 6. The van der Waals surface area contributed by atoms with Gasteiger partial charge in [0, 0.05) is 101 Å². The van der Waals surface area contributed by atoms with Crippen LogP contribution in [0.5, 0.6) is 0 Å². The van der Waals surface area contributed by atoms with Crippen LogP contribution in [0.25, 0.3) is 0 Å². The number of nitrogens with zero attached hydrogens (tertiary/aromatic N) is 4. The van der Waals surface area contributed by atoms with Crippen molar-refractivity contribution in [1.82, 2.24) is 9.80 Å². The van der Waals surface area contributed by atoms with Gasteiger partial charge in [-0.15, -0.1) is 0 Å². The molecule has 21 heteroatoms. The third-order valence-corrected chi connectivity index (χ3v) is 16.5. The molecule has 78 heavy (non-hydrogen) atoms. The minimum atomic E-state index is -4.57. The van der Waals surface area contributed by atoms with Gasteiger partial charge in [0.2, 0.25) is 11.8 Å². The van der Waals surface area contributed by atoms with E-state index in [0.717, 1.165) is 82.3 Å². The van der Waals surface area contributed by atoms with E-state index in [9.17, 15) is 45.5 Å². The second-order valence-electron chi connectivity index (χ2n) is 21.9. The SMILES string of the molecule is CC1(C(=O)N2CCCCC2)CCN(c2ccc(C(F)(F)F)cc2NC(=O)c2ccc(C3CCOCC3)o2)CC1.CC1(C(=O)N2CCOCC2)CCN(c2ccc(C(F)(F)F)cc2NC(=O)c2ccc(C3CCOCC3)o2)CC1. The number of rotatable bonds is 10. The number of amides is 4. The second kappa shape index (κ2) is 24.1. The van der Waals surface area contributed by atoms with Gasteiger partial charge in [-0.05, 0) is 131 Å². The number of likely N-dealkylation sites (tertiary alicyclic amines) is 1. The van der Waals surface area contributed by atoms with Crippen LogP contribution in [0.1, 0.15) is 140 Å². The van der Waals surface area contributed by atoms with Gasteiger partial charge in [0.25, 0.3) is 11.8 Å². The fourth-order valence-corrected chi connectivity index (χ4v) is 11.4. The number of hydrogen-bond acceptors (Lipinski definition) is 11. The number of carbonyl (C=O) groups is 4. The summed E-state index contributed by atoms with van der Waals surface area (Å²) in [5.74, 6) is 0.793. The number of morpholine rings is 1. The Labute approximate surface area is 450 Å². The summed E-state index contributed by atoms with van der Waals surface area (Å²) in [6.45, 7) is 12.1. The number of ether oxygens (including phenoxy) is 3. The molecule has 6 fully saturated rings. The van der Waals surface area contributed by atoms with E-state index in [4.69, 9.17) is 23.0 Å². The lowest BCUT2D eigenvalue weighted by Crippen LogP contribution is -2.51. The van der Waals surface area contributed by atoms with E-state index >= 15 is 0 Å². The number of benzene rings is 2. The third kappa shape index (κ3) is 13.3. The molecule has 6 aliphatic heterocycles. The van der Waals surface area contributed by atoms with E-state index in [1.807, 2.05) is 33.4 Å². The molecule has 6 saturated heterocycles. The Hall–Kier alpha value is -6.06. The maximum atomic E-state index is 13.6. The van der Waals surface area contributed by atoms with E-state index in [1.54, 1.807) is 24.3 Å². The molecule has 0 aliphatic carbocycles. The van der Waals surface area contributed by atoms with E-state index in [1.165, 1.54) is 12.1 Å². The van der Waals surface area contributed by atoms with Gasteiger partial charge in [0.05, 0.1) is 47.1 Å². The molecule has 0 spiro atoms. The first-order valence-electron chi connectivity index (χ1n) is 27.3. The molecule has 0 radical (unpaired) electrons. The Balaban J connectivity index is 0.000000190. The number of piperidine rings is 3. The van der Waals surface area contributed by atoms with Crippen molar-refractivity contribution in [1.29, 1.82) is 0 Å². The van der Waals surface area contributed by atoms with E-state index in [0.29, 0.717) is 127 Å². The summed E-state index contributed by atoms with van der Waals surface area (Å²) < 4.78 is 109. The highest BCUT2D eigenvalue weighted by Gasteiger charge is 2.43. The first-order chi connectivity index (χ1) is 37.3. The maximum absolute atomic E-state index is 13.6. The molecule has 2 aromatic heterocycles. The Bertz CT molecular complexity index is 2540. The molecule has 2 aromatic carbocycles. The van der Waals surface area contributed by atoms with Gasteiger partial charge in [-0.3, -0.25) is 19.2 Å². The monoisotopic (exact) mass is 1100 g/mol. The van der Waals surface area contributed by atoms with E-state index in [2.05, 4.69) is 10.6 Å². The zero-order valence-corrected chi connectivity index (χ0v) is 44.3. The summed E-state index contributed by atoms with van der Waals surface area (Å²) in [5.41, 5.74) is -1.64. The highest BCUT2D eigenvalue weighted by molar-refractivity contribution is 6.05. The van der Waals surface area contributed by atoms with Crippen LogP contribution in [0.4, 0.5) is 49.1 Å². The zero-order chi connectivity index (χ0) is 55.2. The van der Waals surface area contributed by atoms with Crippen molar-refractivity contribution in [2.24, 2.45) is 10.8 Å². The van der Waals surface area contributed by atoms with Crippen LogP contribution in [0, 0.1) is 10.8 Å². The fraction of sp³-hybridized carbons (Fsp3) is 0.579. The largest absolute Gasteiger partial charge is 0.456 e. The van der Waals surface area contributed by atoms with Crippen LogP contribution in [-0.4, -0.2) is 125 Å². The number of halogens is 6. The highest BCUT2D eigenvalue weighted by atomic mass is 19.4. The van der Waals surface area contributed by atoms with Gasteiger partial charge in [-0.1, -0.05) is 13.8 Å². The molecule has 0 unspecified atom stereocenters. The van der Waals surface area contributed by atoms with Crippen LogP contribution in [0.15, 0.2) is 69.5 Å². The first kappa shape index (κ1) is 56.7. The molecule has 0 atom stereocenters. The van der Waals surface area contributed by atoms with Gasteiger partial charge in [0.1, 0.15) is 11.5 Å². The summed E-state index contributed by atoms with van der Waals surface area (Å²) in [5, 5.41) is 5.33. The fourth-order valence-electron chi connectivity index (χ4n) is 11.4. The molecule has 4 aromatic rings. The van der Waals surface area contributed by atoms with Crippen LogP contribution in [-0.2, 0) is 36.2 Å². The topological polar surface area (TPSA) is 159 Å². The maximum Gasteiger partial charge on any atom is 0.416 e. The van der Waals surface area contributed by atoms with Crippen molar-refractivity contribution in [3.63, 3.8) is 0 Å². The average Bonchev–Trinajstić information content (AvgIpc) is 4.18. The van der Waals surface area contributed by atoms with E-state index < -0.39 is 46.1 Å². The van der Waals surface area contributed by atoms with Crippen molar-refractivity contribution >= 4 is 46.4 Å². The predicted octanol–water partition coefficient (Wildman–Crippen LogP) is 11.0. The smallest absolute Gasteiger partial charge is 0.416 e. The number of carbonyl (C=O) groups excluding carboxylic acids is 4. The lowest BCUT2D eigenvalue weighted by atomic mass is 9.78. The van der Waals surface area contributed by atoms with Crippen molar-refractivity contribution in [2.45, 2.75) is 109 Å². The van der Waals surface area contributed by atoms with E-state index in [-0.39, 0.29) is 46.5 Å². The molecular formula is C57H70F6N6O9. The number of hydrogen-bond donors (Lipinski definition) is 2. The van der Waals surface area contributed by atoms with Crippen LogP contribution in [0.2, 0.25) is 0 Å². The van der Waals surface area contributed by atoms with Crippen LogP contribution < -0.4 is 20.4 Å². The average molecular weight is 1100 g/mol. The van der Waals surface area contributed by atoms with Crippen molar-refractivity contribution < 1.29 is 68.6 Å². The normalized spacial score (nSPS) is 20.6. The van der Waals surface area contributed by atoms with Crippen molar-refractivity contribution in [3.05, 3.63) is 94.8 Å². The number of nitrogens with one attached hydrogen (secondary N) is 2. The Morgan fingerprint density at radius 2 is 0.859 bits per heavy atom. The van der Waals surface area contributed by atoms with Crippen LogP contribution in [0.3, 0.4) is 0 Å². The lowest BCUT2D eigenvalue weighted by molar-refractivity contribution is -0.146. The molecule has 15 nitrogen and oxygen atoms in total. The molecule has 10 rings (SSSR count). The van der Waals surface area contributed by atoms with Gasteiger partial charge in [-0.25, -0.2) is 0 Å². The summed E-state index contributed by atoms with van der Waals surface area (Å²) in [4.78, 5) is 60.3. The standard InChI is InChI=1S/C29H36F3N3O4.C28H34F3N3O5/c1-28(27(37)35-13-3-2-4-14-35)11-15-34(16-12-28)23-6-5-21(29(30,31)32)19-22(23)33-26(36)25-8-7-24(39-25)20-9-17-38-18-10-20;1-27(26(36)34-12-16-38-17-13-34)8-10-33(11-9-27)22-3-2-20(28(29,30)31)18-21(22)32-25(35)24-5-4-23(39-24)19-6-14-37-15-7-19/h5-8,19-20H,2-4,9-18H2,1H3,(H,33,36);2-5,18-19H,6-17H2,1H3,(H,32,35). The van der Waals surface area contributed by atoms with Gasteiger partial charge < -0.3 is 53.3 Å². The first-order valence-corrected chi connectivity index (χ1v) is 27.3. The van der Waals surface area contributed by atoms with Gasteiger partial charge >= 0.3 is 12.4 Å². The van der Waals surface area contributed by atoms with Gasteiger partial charge in [0.15, 0.2) is 11.5 Å². The van der Waals surface area contributed by atoms with Crippen LogP contribution >= 0.6 is 0 Å². The Morgan fingerprint density at radius 3 is 1.24 bits per heavy atom. The Morgan fingerprint density at radius 1 is 0.487 bits per heavy atom. The summed E-state index contributed by atoms with van der Waals surface area (Å²) in [7, 11) is 0. The minimum absolute atomic E-state index is 0.0437. The Kier molecular flexibility index (Phi) is 17.5. The zero-order valence-electron chi connectivity index (χ0n) is 44.3. The lowest BCUT2D eigenvalue weighted by Gasteiger charge is -2.43. The third-order valence-electron chi connectivity index (χ3n) is 16.5. The summed E-state index contributed by atoms with van der Waals surface area (Å²) >= 11 is 0. The molecule has 2 N–H and O–H groups in total.